The molecule has 0 aliphatic carbocycles. The van der Waals surface area contributed by atoms with Crippen LogP contribution in [0.2, 0.25) is 0 Å². The number of hydrogen-bond acceptors (Lipinski definition) is 5. The molecule has 7 heteroatoms. The molecular formula is C32H30N2O5. The van der Waals surface area contributed by atoms with Crippen molar-refractivity contribution in [2.75, 3.05) is 19.1 Å². The third kappa shape index (κ3) is 5.72. The number of methoxy groups -OCH3 is 2. The maximum Gasteiger partial charge on any atom is 0.271 e. The lowest BCUT2D eigenvalue weighted by molar-refractivity contribution is -0.149. The molecular weight excluding hydrogens is 492 g/mol. The molecule has 4 aromatic rings. The van der Waals surface area contributed by atoms with Gasteiger partial charge in [0.1, 0.15) is 17.2 Å². The van der Waals surface area contributed by atoms with Gasteiger partial charge in [0.15, 0.2) is 6.04 Å². The fourth-order valence-corrected chi connectivity index (χ4v) is 4.66. The number of carbonyl (C=O) groups excluding carboxylic acids is 2. The highest BCUT2D eigenvalue weighted by atomic mass is 16.5. The van der Waals surface area contributed by atoms with Crippen LogP contribution < -0.4 is 19.1 Å². The molecule has 1 fully saturated rings. The molecule has 1 heterocycles. The maximum atomic E-state index is 14.3. The normalized spacial score (nSPS) is 16.3. The summed E-state index contributed by atoms with van der Waals surface area (Å²) < 4.78 is 16.6. The molecule has 0 N–H and O–H groups in total. The average Bonchev–Trinajstić information content (AvgIpc) is 2.99. The number of ether oxygens (including phenoxy) is 3. The molecule has 5 rings (SSSR count). The van der Waals surface area contributed by atoms with E-state index in [-0.39, 0.29) is 11.8 Å². The average molecular weight is 523 g/mol. The highest BCUT2D eigenvalue weighted by Crippen LogP contribution is 2.34. The maximum absolute atomic E-state index is 14.3. The van der Waals surface area contributed by atoms with E-state index >= 15 is 0 Å². The fraction of sp³-hybridized carbons (Fsp3) is 0.188. The van der Waals surface area contributed by atoms with Gasteiger partial charge in [-0.15, -0.1) is 0 Å². The number of hydrogen-bond donors (Lipinski definition) is 0. The lowest BCUT2D eigenvalue weighted by atomic mass is 9.94. The van der Waals surface area contributed by atoms with Crippen molar-refractivity contribution in [2.24, 2.45) is 0 Å². The van der Waals surface area contributed by atoms with Gasteiger partial charge in [0.25, 0.3) is 11.8 Å². The van der Waals surface area contributed by atoms with Gasteiger partial charge in [0.05, 0.1) is 14.2 Å². The third-order valence-electron chi connectivity index (χ3n) is 6.72. The van der Waals surface area contributed by atoms with Gasteiger partial charge in [-0.1, -0.05) is 60.7 Å². The first-order valence-corrected chi connectivity index (χ1v) is 12.7. The summed E-state index contributed by atoms with van der Waals surface area (Å²) in [6, 6.07) is 32.9. The van der Waals surface area contributed by atoms with Gasteiger partial charge in [0.2, 0.25) is 6.10 Å². The summed E-state index contributed by atoms with van der Waals surface area (Å²) in [6.45, 7) is 0.788. The standard InChI is InChI=1S/C32H30N2O5/c1-37-26-15-13-25(14-16-26)34-29(30(32(34)36)39-28-19-17-27(38-2)18-20-28)31(35)33(21-23-9-5-3-6-10-23)22-24-11-7-4-8-12-24/h3-20,29-30H,21-22H2,1-2H3/t29-,30-/m0/s1. The number of anilines is 1. The summed E-state index contributed by atoms with van der Waals surface area (Å²) >= 11 is 0. The molecule has 2 amide bonds. The van der Waals surface area contributed by atoms with E-state index < -0.39 is 12.1 Å². The summed E-state index contributed by atoms with van der Waals surface area (Å²) in [5, 5.41) is 0. The van der Waals surface area contributed by atoms with Gasteiger partial charge < -0.3 is 19.1 Å². The largest absolute Gasteiger partial charge is 0.497 e. The quantitative estimate of drug-likeness (QED) is 0.271. The van der Waals surface area contributed by atoms with Gasteiger partial charge in [-0.25, -0.2) is 0 Å². The second-order valence-corrected chi connectivity index (χ2v) is 9.23. The second kappa shape index (κ2) is 11.7. The van der Waals surface area contributed by atoms with Gasteiger partial charge in [0, 0.05) is 18.8 Å². The highest BCUT2D eigenvalue weighted by molar-refractivity contribution is 6.13. The Morgan fingerprint density at radius 2 is 1.15 bits per heavy atom. The zero-order valence-corrected chi connectivity index (χ0v) is 21.9. The van der Waals surface area contributed by atoms with Crippen LogP contribution >= 0.6 is 0 Å². The molecule has 39 heavy (non-hydrogen) atoms. The lowest BCUT2D eigenvalue weighted by Crippen LogP contribution is -2.72. The summed E-state index contributed by atoms with van der Waals surface area (Å²) in [4.78, 5) is 31.1. The van der Waals surface area contributed by atoms with Crippen LogP contribution in [0.3, 0.4) is 0 Å². The van der Waals surface area contributed by atoms with Crippen molar-refractivity contribution in [3.63, 3.8) is 0 Å². The van der Waals surface area contributed by atoms with E-state index in [0.717, 1.165) is 11.1 Å². The Bertz CT molecular complexity index is 1350. The van der Waals surface area contributed by atoms with Gasteiger partial charge in [-0.2, -0.15) is 0 Å². The Balaban J connectivity index is 1.48. The molecule has 0 spiro atoms. The van der Waals surface area contributed by atoms with E-state index in [1.807, 2.05) is 60.7 Å². The minimum atomic E-state index is -0.970. The molecule has 198 valence electrons. The van der Waals surface area contributed by atoms with Crippen molar-refractivity contribution in [1.29, 1.82) is 0 Å². The van der Waals surface area contributed by atoms with Gasteiger partial charge >= 0.3 is 0 Å². The molecule has 7 nitrogen and oxygen atoms in total. The Kier molecular flexibility index (Phi) is 7.78. The molecule has 2 atom stereocenters. The minimum absolute atomic E-state index is 0.198. The number of rotatable bonds is 10. The van der Waals surface area contributed by atoms with Gasteiger partial charge in [-0.3, -0.25) is 14.5 Å². The van der Waals surface area contributed by atoms with Crippen molar-refractivity contribution in [3.8, 4) is 17.2 Å². The lowest BCUT2D eigenvalue weighted by Gasteiger charge is -2.46. The number of nitrogens with zero attached hydrogens (tertiary/aromatic N) is 2. The first-order valence-electron chi connectivity index (χ1n) is 12.7. The van der Waals surface area contributed by atoms with Crippen molar-refractivity contribution < 1.29 is 23.8 Å². The van der Waals surface area contributed by atoms with Crippen molar-refractivity contribution in [2.45, 2.75) is 25.2 Å². The van der Waals surface area contributed by atoms with E-state index in [9.17, 15) is 9.59 Å². The number of β-lactam (4-membered cyclic amide) rings is 1. The molecule has 0 bridgehead atoms. The van der Waals surface area contributed by atoms with E-state index in [2.05, 4.69) is 0 Å². The first kappa shape index (κ1) is 25.9. The second-order valence-electron chi connectivity index (χ2n) is 9.23. The van der Waals surface area contributed by atoms with E-state index in [0.29, 0.717) is 36.0 Å². The van der Waals surface area contributed by atoms with Crippen LogP contribution in [0, 0.1) is 0 Å². The Morgan fingerprint density at radius 1 is 0.692 bits per heavy atom. The molecule has 0 radical (unpaired) electrons. The SMILES string of the molecule is COc1ccc(O[C@@H]2C(=O)N(c3ccc(OC)cc3)[C@@H]2C(=O)N(Cc2ccccc2)Cc2ccccc2)cc1. The Labute approximate surface area is 228 Å². The Hall–Kier alpha value is -4.78. The van der Waals surface area contributed by atoms with Crippen LogP contribution in [0.15, 0.2) is 109 Å². The highest BCUT2D eigenvalue weighted by Gasteiger charge is 2.55. The summed E-state index contributed by atoms with van der Waals surface area (Å²) in [7, 11) is 3.17. The minimum Gasteiger partial charge on any atom is -0.497 e. The summed E-state index contributed by atoms with van der Waals surface area (Å²) in [6.07, 6.45) is -0.970. The molecule has 1 aliphatic heterocycles. The molecule has 1 aliphatic rings. The predicted molar refractivity (Wildman–Crippen MR) is 149 cm³/mol. The molecule has 0 unspecified atom stereocenters. The van der Waals surface area contributed by atoms with E-state index in [1.165, 1.54) is 4.90 Å². The predicted octanol–water partition coefficient (Wildman–Crippen LogP) is 5.10. The summed E-state index contributed by atoms with van der Waals surface area (Å²) in [5.74, 6) is 1.34. The number of benzene rings is 4. The molecule has 4 aromatic carbocycles. The zero-order valence-electron chi connectivity index (χ0n) is 21.9. The van der Waals surface area contributed by atoms with E-state index in [1.54, 1.807) is 67.7 Å². The van der Waals surface area contributed by atoms with Crippen LogP contribution in [0.25, 0.3) is 0 Å². The van der Waals surface area contributed by atoms with Crippen LogP contribution in [-0.4, -0.2) is 43.1 Å². The molecule has 0 saturated carbocycles. The van der Waals surface area contributed by atoms with Crippen molar-refractivity contribution in [3.05, 3.63) is 120 Å². The van der Waals surface area contributed by atoms with Crippen molar-refractivity contribution >= 4 is 17.5 Å². The van der Waals surface area contributed by atoms with Gasteiger partial charge in [-0.05, 0) is 59.7 Å². The van der Waals surface area contributed by atoms with Crippen LogP contribution in [0.4, 0.5) is 5.69 Å². The number of amides is 2. The molecule has 1 saturated heterocycles. The van der Waals surface area contributed by atoms with Crippen LogP contribution in [0.1, 0.15) is 11.1 Å². The zero-order chi connectivity index (χ0) is 27.2. The molecule has 0 aromatic heterocycles. The first-order chi connectivity index (χ1) is 19.1. The fourth-order valence-electron chi connectivity index (χ4n) is 4.66. The third-order valence-corrected chi connectivity index (χ3v) is 6.72. The van der Waals surface area contributed by atoms with Crippen molar-refractivity contribution in [1.82, 2.24) is 4.90 Å². The monoisotopic (exact) mass is 522 g/mol. The summed E-state index contributed by atoms with van der Waals surface area (Å²) in [5.41, 5.74) is 2.60. The van der Waals surface area contributed by atoms with Crippen LogP contribution in [-0.2, 0) is 22.7 Å². The smallest absolute Gasteiger partial charge is 0.271 e. The van der Waals surface area contributed by atoms with E-state index in [4.69, 9.17) is 14.2 Å². The number of carbonyl (C=O) groups is 2. The van der Waals surface area contributed by atoms with Crippen LogP contribution in [0.5, 0.6) is 17.2 Å². The topological polar surface area (TPSA) is 68.3 Å². The Morgan fingerprint density at radius 3 is 1.64 bits per heavy atom.